The first-order valence-electron chi connectivity index (χ1n) is 6.35. The summed E-state index contributed by atoms with van der Waals surface area (Å²) in [7, 11) is -3.56. The third-order valence-electron chi connectivity index (χ3n) is 2.77. The molecule has 1 rings (SSSR count). The van der Waals surface area contributed by atoms with Crippen LogP contribution in [0.15, 0.2) is 23.1 Å². The Morgan fingerprint density at radius 2 is 2.05 bits per heavy atom. The number of nitrogens with one attached hydrogen (secondary N) is 1. The molecule has 0 amide bonds. The molecule has 0 radical (unpaired) electrons. The average molecular weight is 305 g/mol. The molecule has 3 N–H and O–H groups in total. The van der Waals surface area contributed by atoms with Crippen molar-refractivity contribution in [3.8, 4) is 0 Å². The molecule has 0 saturated carbocycles. The summed E-state index contributed by atoms with van der Waals surface area (Å²) in [5, 5.41) is 0.216. The first kappa shape index (κ1) is 16.4. The van der Waals surface area contributed by atoms with Gasteiger partial charge in [0.05, 0.1) is 5.02 Å². The molecule has 0 heterocycles. The second kappa shape index (κ2) is 7.24. The van der Waals surface area contributed by atoms with E-state index in [1.54, 1.807) is 12.1 Å². The predicted octanol–water partition coefficient (Wildman–Crippen LogP) is 2.51. The third-order valence-corrected chi connectivity index (χ3v) is 4.71. The smallest absolute Gasteiger partial charge is 0.242 e. The third kappa shape index (κ3) is 5.10. The van der Waals surface area contributed by atoms with Crippen molar-refractivity contribution in [2.24, 2.45) is 11.7 Å². The lowest BCUT2D eigenvalue weighted by atomic mass is 10.1. The molecule has 0 aliphatic heterocycles. The SMILES string of the molecule is CC(C)CCCNS(=O)(=O)c1cc(CN)ccc1Cl. The fraction of sp³-hybridized carbons (Fsp3) is 0.538. The molecule has 0 spiro atoms. The second-order valence-corrected chi connectivity index (χ2v) is 7.05. The molecule has 0 aromatic heterocycles. The Morgan fingerprint density at radius 1 is 1.37 bits per heavy atom. The summed E-state index contributed by atoms with van der Waals surface area (Å²) in [5.41, 5.74) is 6.25. The largest absolute Gasteiger partial charge is 0.326 e. The molecular formula is C13H21ClN2O2S. The highest BCUT2D eigenvalue weighted by Crippen LogP contribution is 2.22. The summed E-state index contributed by atoms with van der Waals surface area (Å²) < 4.78 is 26.8. The Balaban J connectivity index is 2.77. The van der Waals surface area contributed by atoms with Crippen LogP contribution >= 0.6 is 11.6 Å². The standard InChI is InChI=1S/C13H21ClN2O2S/c1-10(2)4-3-7-16-19(17,18)13-8-11(9-15)5-6-12(13)14/h5-6,8,10,16H,3-4,7,9,15H2,1-2H3. The van der Waals surface area contributed by atoms with Gasteiger partial charge in [-0.3, -0.25) is 0 Å². The maximum absolute atomic E-state index is 12.1. The Kier molecular flexibility index (Phi) is 6.26. The van der Waals surface area contributed by atoms with Gasteiger partial charge in [0, 0.05) is 13.1 Å². The van der Waals surface area contributed by atoms with Gasteiger partial charge in [-0.25, -0.2) is 13.1 Å². The van der Waals surface area contributed by atoms with E-state index in [2.05, 4.69) is 18.6 Å². The van der Waals surface area contributed by atoms with E-state index in [4.69, 9.17) is 17.3 Å². The van der Waals surface area contributed by atoms with Crippen molar-refractivity contribution >= 4 is 21.6 Å². The monoisotopic (exact) mass is 304 g/mol. The molecule has 0 saturated heterocycles. The van der Waals surface area contributed by atoms with Crippen molar-refractivity contribution in [2.75, 3.05) is 6.54 Å². The number of sulfonamides is 1. The topological polar surface area (TPSA) is 72.2 Å². The molecule has 4 nitrogen and oxygen atoms in total. The highest BCUT2D eigenvalue weighted by molar-refractivity contribution is 7.89. The van der Waals surface area contributed by atoms with Gasteiger partial charge in [-0.05, 0) is 36.5 Å². The Hall–Kier alpha value is -0.620. The van der Waals surface area contributed by atoms with E-state index >= 15 is 0 Å². The molecule has 0 fully saturated rings. The highest BCUT2D eigenvalue weighted by atomic mass is 35.5. The summed E-state index contributed by atoms with van der Waals surface area (Å²) in [4.78, 5) is 0.0988. The number of halogens is 1. The fourth-order valence-corrected chi connectivity index (χ4v) is 3.30. The van der Waals surface area contributed by atoms with Crippen LogP contribution in [-0.4, -0.2) is 15.0 Å². The van der Waals surface area contributed by atoms with Gasteiger partial charge >= 0.3 is 0 Å². The minimum Gasteiger partial charge on any atom is -0.326 e. The molecule has 0 aliphatic rings. The number of nitrogens with two attached hydrogens (primary N) is 1. The van der Waals surface area contributed by atoms with Crippen LogP contribution in [0.4, 0.5) is 0 Å². The van der Waals surface area contributed by atoms with Crippen molar-refractivity contribution in [1.29, 1.82) is 0 Å². The Bertz CT molecular complexity index is 515. The van der Waals surface area contributed by atoms with Gasteiger partial charge in [0.2, 0.25) is 10.0 Å². The van der Waals surface area contributed by atoms with Crippen LogP contribution < -0.4 is 10.5 Å². The van der Waals surface area contributed by atoms with Crippen molar-refractivity contribution in [2.45, 2.75) is 38.1 Å². The lowest BCUT2D eigenvalue weighted by Crippen LogP contribution is -2.25. The van der Waals surface area contributed by atoms with E-state index in [1.165, 1.54) is 6.07 Å². The van der Waals surface area contributed by atoms with E-state index < -0.39 is 10.0 Å². The van der Waals surface area contributed by atoms with Gasteiger partial charge in [0.1, 0.15) is 4.90 Å². The molecule has 1 aromatic carbocycles. The van der Waals surface area contributed by atoms with Crippen molar-refractivity contribution in [3.05, 3.63) is 28.8 Å². The zero-order chi connectivity index (χ0) is 14.5. The summed E-state index contributed by atoms with van der Waals surface area (Å²) in [6, 6.07) is 4.81. The van der Waals surface area contributed by atoms with Crippen molar-refractivity contribution in [3.63, 3.8) is 0 Å². The second-order valence-electron chi connectivity index (χ2n) is 4.90. The molecule has 0 atom stereocenters. The molecule has 19 heavy (non-hydrogen) atoms. The first-order chi connectivity index (χ1) is 8.86. The van der Waals surface area contributed by atoms with Gasteiger partial charge in [-0.1, -0.05) is 31.5 Å². The van der Waals surface area contributed by atoms with Crippen LogP contribution in [0.5, 0.6) is 0 Å². The van der Waals surface area contributed by atoms with Gasteiger partial charge in [0.25, 0.3) is 0 Å². The summed E-state index contributed by atoms with van der Waals surface area (Å²) in [5.74, 6) is 0.564. The average Bonchev–Trinajstić information content (AvgIpc) is 2.35. The molecule has 6 heteroatoms. The van der Waals surface area contributed by atoms with Gasteiger partial charge in [-0.15, -0.1) is 0 Å². The molecule has 0 aliphatic carbocycles. The Labute approximate surface area is 120 Å². The lowest BCUT2D eigenvalue weighted by molar-refractivity contribution is 0.540. The number of hydrogen-bond acceptors (Lipinski definition) is 3. The quantitative estimate of drug-likeness (QED) is 0.760. The lowest BCUT2D eigenvalue weighted by Gasteiger charge is -2.10. The molecule has 108 valence electrons. The zero-order valence-electron chi connectivity index (χ0n) is 11.3. The van der Waals surface area contributed by atoms with E-state index in [1.807, 2.05) is 0 Å². The summed E-state index contributed by atoms with van der Waals surface area (Å²) >= 11 is 5.94. The van der Waals surface area contributed by atoms with E-state index in [0.29, 0.717) is 12.5 Å². The molecule has 0 unspecified atom stereocenters. The van der Waals surface area contributed by atoms with Crippen LogP contribution in [0.3, 0.4) is 0 Å². The van der Waals surface area contributed by atoms with E-state index in [-0.39, 0.29) is 16.5 Å². The highest BCUT2D eigenvalue weighted by Gasteiger charge is 2.17. The Morgan fingerprint density at radius 3 is 2.63 bits per heavy atom. The molecule has 1 aromatic rings. The van der Waals surface area contributed by atoms with Gasteiger partial charge < -0.3 is 5.73 Å². The van der Waals surface area contributed by atoms with Crippen LogP contribution in [-0.2, 0) is 16.6 Å². The van der Waals surface area contributed by atoms with Crippen LogP contribution in [0, 0.1) is 5.92 Å². The number of hydrogen-bond donors (Lipinski definition) is 2. The maximum Gasteiger partial charge on any atom is 0.242 e. The van der Waals surface area contributed by atoms with Crippen LogP contribution in [0.25, 0.3) is 0 Å². The van der Waals surface area contributed by atoms with Gasteiger partial charge in [0.15, 0.2) is 0 Å². The number of rotatable bonds is 7. The minimum absolute atomic E-state index is 0.0988. The zero-order valence-corrected chi connectivity index (χ0v) is 12.9. The van der Waals surface area contributed by atoms with Crippen molar-refractivity contribution in [1.82, 2.24) is 4.72 Å². The molecular weight excluding hydrogens is 284 g/mol. The van der Waals surface area contributed by atoms with Crippen molar-refractivity contribution < 1.29 is 8.42 Å². The summed E-state index contributed by atoms with van der Waals surface area (Å²) in [6.45, 7) is 4.92. The van der Waals surface area contributed by atoms with Gasteiger partial charge in [-0.2, -0.15) is 0 Å². The number of benzene rings is 1. The van der Waals surface area contributed by atoms with Crippen LogP contribution in [0.2, 0.25) is 5.02 Å². The van der Waals surface area contributed by atoms with E-state index in [9.17, 15) is 8.42 Å². The normalized spacial score (nSPS) is 12.1. The predicted molar refractivity (Wildman–Crippen MR) is 78.6 cm³/mol. The first-order valence-corrected chi connectivity index (χ1v) is 8.21. The summed E-state index contributed by atoms with van der Waals surface area (Å²) in [6.07, 6.45) is 1.80. The molecule has 0 bridgehead atoms. The fourth-order valence-electron chi connectivity index (χ4n) is 1.68. The minimum atomic E-state index is -3.56. The van der Waals surface area contributed by atoms with E-state index in [0.717, 1.165) is 18.4 Å². The maximum atomic E-state index is 12.1. The van der Waals surface area contributed by atoms with Crippen LogP contribution in [0.1, 0.15) is 32.3 Å².